The summed E-state index contributed by atoms with van der Waals surface area (Å²) in [5, 5.41) is -0.597. The SMILES string of the molecule is O=S(=O)(Cl)c1nc(C(F)F)c(I)cc1Br. The van der Waals surface area contributed by atoms with Crippen LogP contribution in [-0.4, -0.2) is 13.4 Å². The van der Waals surface area contributed by atoms with Gasteiger partial charge in [-0.25, -0.2) is 22.2 Å². The van der Waals surface area contributed by atoms with Gasteiger partial charge in [0.1, 0.15) is 5.69 Å². The summed E-state index contributed by atoms with van der Waals surface area (Å²) < 4.78 is 47.0. The number of pyridine rings is 1. The van der Waals surface area contributed by atoms with Crippen LogP contribution in [0.5, 0.6) is 0 Å². The first kappa shape index (κ1) is 13.5. The van der Waals surface area contributed by atoms with Crippen LogP contribution in [0, 0.1) is 3.57 Å². The number of halogens is 5. The van der Waals surface area contributed by atoms with E-state index in [0.29, 0.717) is 0 Å². The Morgan fingerprint density at radius 3 is 2.47 bits per heavy atom. The molecule has 1 aromatic heterocycles. The van der Waals surface area contributed by atoms with Crippen molar-refractivity contribution in [2.24, 2.45) is 0 Å². The fourth-order valence-electron chi connectivity index (χ4n) is 0.787. The smallest absolute Gasteiger partial charge is 0.232 e. The molecule has 1 aromatic rings. The molecule has 0 radical (unpaired) electrons. The van der Waals surface area contributed by atoms with E-state index in [1.807, 2.05) is 0 Å². The lowest BCUT2D eigenvalue weighted by Crippen LogP contribution is -2.03. The average Bonchev–Trinajstić information content (AvgIpc) is 2.00. The highest BCUT2D eigenvalue weighted by Crippen LogP contribution is 2.30. The molecule has 0 bridgehead atoms. The molecule has 0 aliphatic carbocycles. The van der Waals surface area contributed by atoms with Crippen LogP contribution >= 0.6 is 49.2 Å². The van der Waals surface area contributed by atoms with Gasteiger partial charge in [0.2, 0.25) is 0 Å². The summed E-state index contributed by atoms with van der Waals surface area (Å²) in [4.78, 5) is 3.32. The van der Waals surface area contributed by atoms with Crippen molar-refractivity contribution in [3.05, 3.63) is 19.8 Å². The Bertz CT molecular complexity index is 496. The van der Waals surface area contributed by atoms with Gasteiger partial charge in [-0.05, 0) is 44.6 Å². The topological polar surface area (TPSA) is 47.0 Å². The zero-order valence-electron chi connectivity index (χ0n) is 6.72. The summed E-state index contributed by atoms with van der Waals surface area (Å²) in [5.74, 6) is 0. The van der Waals surface area contributed by atoms with E-state index in [4.69, 9.17) is 10.7 Å². The zero-order chi connectivity index (χ0) is 11.8. The third-order valence-electron chi connectivity index (χ3n) is 1.36. The third-order valence-corrected chi connectivity index (χ3v) is 4.30. The summed E-state index contributed by atoms with van der Waals surface area (Å²) in [6.45, 7) is 0. The normalized spacial score (nSPS) is 12.1. The zero-order valence-corrected chi connectivity index (χ0v) is 12.0. The fourth-order valence-corrected chi connectivity index (χ4v) is 3.97. The van der Waals surface area contributed by atoms with Crippen LogP contribution in [-0.2, 0) is 9.05 Å². The maximum Gasteiger partial charge on any atom is 0.281 e. The van der Waals surface area contributed by atoms with Crippen LogP contribution < -0.4 is 0 Å². The summed E-state index contributed by atoms with van der Waals surface area (Å²) in [6, 6.07) is 1.23. The molecule has 0 aromatic carbocycles. The molecule has 15 heavy (non-hydrogen) atoms. The van der Waals surface area contributed by atoms with Crippen molar-refractivity contribution in [2.45, 2.75) is 11.5 Å². The monoisotopic (exact) mass is 431 g/mol. The van der Waals surface area contributed by atoms with Crippen molar-refractivity contribution < 1.29 is 17.2 Å². The minimum Gasteiger partial charge on any atom is -0.232 e. The minimum atomic E-state index is -4.13. The Kier molecular flexibility index (Phi) is 4.29. The van der Waals surface area contributed by atoms with Crippen molar-refractivity contribution in [3.63, 3.8) is 0 Å². The molecule has 84 valence electrons. The quantitative estimate of drug-likeness (QED) is 0.532. The number of aromatic nitrogens is 1. The van der Waals surface area contributed by atoms with Crippen molar-refractivity contribution in [3.8, 4) is 0 Å². The van der Waals surface area contributed by atoms with Crippen molar-refractivity contribution >= 4 is 58.3 Å². The van der Waals surface area contributed by atoms with Gasteiger partial charge >= 0.3 is 0 Å². The van der Waals surface area contributed by atoms with Crippen LogP contribution in [0.2, 0.25) is 0 Å². The molecule has 0 fully saturated rings. The molecule has 9 heteroatoms. The second-order valence-corrected chi connectivity index (χ2v) is 6.88. The molecule has 1 heterocycles. The Hall–Kier alpha value is 0.460. The van der Waals surface area contributed by atoms with Gasteiger partial charge in [-0.15, -0.1) is 0 Å². The predicted octanol–water partition coefficient (Wildman–Crippen LogP) is 3.31. The first-order valence-corrected chi connectivity index (χ1v) is 7.50. The fraction of sp³-hybridized carbons (Fsp3) is 0.167. The lowest BCUT2D eigenvalue weighted by atomic mass is 10.4. The van der Waals surface area contributed by atoms with Crippen molar-refractivity contribution in [1.82, 2.24) is 4.98 Å². The highest BCUT2D eigenvalue weighted by Gasteiger charge is 2.22. The van der Waals surface area contributed by atoms with Gasteiger partial charge < -0.3 is 0 Å². The lowest BCUT2D eigenvalue weighted by Gasteiger charge is -2.06. The van der Waals surface area contributed by atoms with E-state index in [1.54, 1.807) is 22.6 Å². The van der Waals surface area contributed by atoms with Gasteiger partial charge in [-0.1, -0.05) is 0 Å². The van der Waals surface area contributed by atoms with Crippen LogP contribution in [0.1, 0.15) is 12.1 Å². The molecule has 0 saturated heterocycles. The standard InChI is InChI=1S/C6H2BrClF2INO2S/c7-2-1-3(11)4(5(9)10)12-6(2)15(8,13)14/h1,5H. The molecule has 1 rings (SSSR count). The van der Waals surface area contributed by atoms with Crippen molar-refractivity contribution in [2.75, 3.05) is 0 Å². The molecule has 0 amide bonds. The van der Waals surface area contributed by atoms with Gasteiger partial charge in [0, 0.05) is 14.3 Å². The molecule has 0 N–H and O–H groups in total. The van der Waals surface area contributed by atoms with Crippen LogP contribution in [0.4, 0.5) is 8.78 Å². The van der Waals surface area contributed by atoms with Gasteiger partial charge in [-0.2, -0.15) is 0 Å². The minimum absolute atomic E-state index is 0.0614. The van der Waals surface area contributed by atoms with Gasteiger partial charge in [0.15, 0.2) is 5.03 Å². The highest BCUT2D eigenvalue weighted by molar-refractivity contribution is 14.1. The maximum atomic E-state index is 12.4. The Labute approximate surface area is 111 Å². The number of alkyl halides is 2. The first-order valence-electron chi connectivity index (χ1n) is 3.32. The summed E-state index contributed by atoms with van der Waals surface area (Å²) in [5.41, 5.74) is -0.599. The van der Waals surface area contributed by atoms with E-state index in [0.717, 1.165) is 0 Å². The van der Waals surface area contributed by atoms with Crippen molar-refractivity contribution in [1.29, 1.82) is 0 Å². The van der Waals surface area contributed by atoms with E-state index in [1.165, 1.54) is 6.07 Å². The second kappa shape index (κ2) is 4.76. The third kappa shape index (κ3) is 3.21. The molecular formula is C6H2BrClF2INO2S. The van der Waals surface area contributed by atoms with E-state index in [2.05, 4.69) is 20.9 Å². The van der Waals surface area contributed by atoms with Gasteiger partial charge in [0.25, 0.3) is 15.5 Å². The summed E-state index contributed by atoms with van der Waals surface area (Å²) >= 11 is 4.53. The highest BCUT2D eigenvalue weighted by atomic mass is 127. The first-order chi connectivity index (χ1) is 6.73. The number of rotatable bonds is 2. The van der Waals surface area contributed by atoms with E-state index in [-0.39, 0.29) is 8.04 Å². The van der Waals surface area contributed by atoms with Gasteiger partial charge in [-0.3, -0.25) is 0 Å². The Balaban J connectivity index is 3.50. The van der Waals surface area contributed by atoms with E-state index >= 15 is 0 Å². The van der Waals surface area contributed by atoms with Crippen LogP contribution in [0.3, 0.4) is 0 Å². The number of nitrogens with zero attached hydrogens (tertiary/aromatic N) is 1. The van der Waals surface area contributed by atoms with Crippen LogP contribution in [0.25, 0.3) is 0 Å². The molecule has 0 saturated carbocycles. The maximum absolute atomic E-state index is 12.4. The Morgan fingerprint density at radius 1 is 1.53 bits per heavy atom. The molecular weight excluding hydrogens is 430 g/mol. The van der Waals surface area contributed by atoms with E-state index < -0.39 is 26.2 Å². The number of hydrogen-bond donors (Lipinski definition) is 0. The Morgan fingerprint density at radius 2 is 2.07 bits per heavy atom. The molecule has 0 aliphatic rings. The predicted molar refractivity (Wildman–Crippen MR) is 62.6 cm³/mol. The summed E-state index contributed by atoms with van der Waals surface area (Å²) in [7, 11) is 0.897. The van der Waals surface area contributed by atoms with Crippen LogP contribution in [0.15, 0.2) is 15.6 Å². The second-order valence-electron chi connectivity index (χ2n) is 2.38. The summed E-state index contributed by atoms with van der Waals surface area (Å²) in [6.07, 6.45) is -2.85. The molecule has 3 nitrogen and oxygen atoms in total. The molecule has 0 spiro atoms. The molecule has 0 aliphatic heterocycles. The lowest BCUT2D eigenvalue weighted by molar-refractivity contribution is 0.144. The molecule has 0 atom stereocenters. The van der Waals surface area contributed by atoms with E-state index in [9.17, 15) is 17.2 Å². The van der Waals surface area contributed by atoms with Gasteiger partial charge in [0.05, 0.1) is 4.47 Å². The average molecular weight is 432 g/mol. The molecule has 0 unspecified atom stereocenters. The largest absolute Gasteiger partial charge is 0.281 e. The number of hydrogen-bond acceptors (Lipinski definition) is 3.